The van der Waals surface area contributed by atoms with E-state index in [1.165, 1.54) is 18.2 Å². The summed E-state index contributed by atoms with van der Waals surface area (Å²) in [5.41, 5.74) is 1.80. The minimum Gasteiger partial charge on any atom is -0.488 e. The lowest BCUT2D eigenvalue weighted by molar-refractivity contribution is -0.122. The van der Waals surface area contributed by atoms with Gasteiger partial charge in [0.1, 0.15) is 18.1 Å². The first-order valence-corrected chi connectivity index (χ1v) is 8.49. The van der Waals surface area contributed by atoms with Crippen molar-refractivity contribution < 1.29 is 24.2 Å². The van der Waals surface area contributed by atoms with Crippen molar-refractivity contribution in [3.63, 3.8) is 0 Å². The Morgan fingerprint density at radius 1 is 1.14 bits per heavy atom. The van der Waals surface area contributed by atoms with Crippen LogP contribution in [-0.4, -0.2) is 34.5 Å². The van der Waals surface area contributed by atoms with Crippen molar-refractivity contribution in [2.45, 2.75) is 6.61 Å². The van der Waals surface area contributed by atoms with Crippen LogP contribution in [0.3, 0.4) is 0 Å². The monoisotopic (exact) mass is 378 g/mol. The molecule has 2 aromatic carbocycles. The summed E-state index contributed by atoms with van der Waals surface area (Å²) in [5, 5.41) is 11.5. The van der Waals surface area contributed by atoms with Crippen molar-refractivity contribution in [3.05, 3.63) is 83.6 Å². The van der Waals surface area contributed by atoms with E-state index in [4.69, 9.17) is 9.84 Å². The van der Waals surface area contributed by atoms with Crippen LogP contribution in [0.5, 0.6) is 5.75 Å². The van der Waals surface area contributed by atoms with E-state index in [-0.39, 0.29) is 24.4 Å². The number of urea groups is 1. The molecule has 2 N–H and O–H groups in total. The standard InChI is InChI=1S/C21H18N2O5/c1-2-11-23-19(24)17(22-21(23)27)12-16-5-3-4-6-18(16)28-13-14-7-9-15(10-8-14)20(25)26/h2-10,12H,1,11,13H2,(H,22,27)(H,25,26). The van der Waals surface area contributed by atoms with Crippen molar-refractivity contribution in [1.29, 1.82) is 0 Å². The predicted molar refractivity (Wildman–Crippen MR) is 103 cm³/mol. The van der Waals surface area contributed by atoms with Crippen molar-refractivity contribution in [1.82, 2.24) is 10.2 Å². The molecule has 142 valence electrons. The molecule has 1 saturated heterocycles. The summed E-state index contributed by atoms with van der Waals surface area (Å²) in [4.78, 5) is 36.2. The van der Waals surface area contributed by atoms with Gasteiger partial charge in [0.15, 0.2) is 0 Å². The minimum absolute atomic E-state index is 0.131. The molecule has 28 heavy (non-hydrogen) atoms. The van der Waals surface area contributed by atoms with Crippen molar-refractivity contribution in [2.75, 3.05) is 6.54 Å². The molecule has 1 heterocycles. The number of benzene rings is 2. The average Bonchev–Trinajstić information content (AvgIpc) is 2.95. The molecule has 1 aliphatic heterocycles. The Bertz CT molecular complexity index is 963. The van der Waals surface area contributed by atoms with E-state index in [1.54, 1.807) is 42.5 Å². The molecule has 0 aliphatic carbocycles. The Balaban J connectivity index is 1.76. The normalized spacial score (nSPS) is 14.9. The number of imide groups is 1. The first-order chi connectivity index (χ1) is 13.5. The van der Waals surface area contributed by atoms with E-state index in [0.717, 1.165) is 10.5 Å². The molecule has 0 bridgehead atoms. The zero-order valence-electron chi connectivity index (χ0n) is 14.9. The highest BCUT2D eigenvalue weighted by Gasteiger charge is 2.32. The molecule has 1 aliphatic rings. The molecule has 0 spiro atoms. The Hall–Kier alpha value is -3.87. The van der Waals surface area contributed by atoms with Gasteiger partial charge in [-0.3, -0.25) is 9.69 Å². The summed E-state index contributed by atoms with van der Waals surface area (Å²) in [5.74, 6) is -0.885. The molecular formula is C21H18N2O5. The molecule has 1 fully saturated rings. The van der Waals surface area contributed by atoms with E-state index in [1.807, 2.05) is 0 Å². The van der Waals surface area contributed by atoms with Gasteiger partial charge in [-0.2, -0.15) is 0 Å². The van der Waals surface area contributed by atoms with Gasteiger partial charge in [0.05, 0.1) is 5.56 Å². The van der Waals surface area contributed by atoms with Gasteiger partial charge in [0.25, 0.3) is 5.91 Å². The van der Waals surface area contributed by atoms with Crippen LogP contribution in [0.25, 0.3) is 6.08 Å². The van der Waals surface area contributed by atoms with E-state index >= 15 is 0 Å². The summed E-state index contributed by atoms with van der Waals surface area (Å²) in [6, 6.07) is 13.0. The fraction of sp³-hybridized carbons (Fsp3) is 0.0952. The quantitative estimate of drug-likeness (QED) is 0.439. The highest BCUT2D eigenvalue weighted by atomic mass is 16.5. The molecule has 3 rings (SSSR count). The fourth-order valence-corrected chi connectivity index (χ4v) is 2.66. The maximum absolute atomic E-state index is 12.3. The van der Waals surface area contributed by atoms with Crippen molar-refractivity contribution >= 4 is 24.0 Å². The number of aromatic carboxylic acids is 1. The number of carboxylic acids is 1. The Morgan fingerprint density at radius 3 is 2.54 bits per heavy atom. The van der Waals surface area contributed by atoms with Crippen LogP contribution in [0, 0.1) is 0 Å². The van der Waals surface area contributed by atoms with Crippen LogP contribution in [0.2, 0.25) is 0 Å². The highest BCUT2D eigenvalue weighted by molar-refractivity contribution is 6.14. The Labute approximate surface area is 161 Å². The van der Waals surface area contributed by atoms with Gasteiger partial charge in [-0.1, -0.05) is 36.4 Å². The van der Waals surface area contributed by atoms with Crippen LogP contribution < -0.4 is 10.1 Å². The van der Waals surface area contributed by atoms with E-state index in [0.29, 0.717) is 11.3 Å². The maximum atomic E-state index is 12.3. The van der Waals surface area contributed by atoms with Crippen LogP contribution in [0.4, 0.5) is 4.79 Å². The second-order valence-electron chi connectivity index (χ2n) is 6.02. The molecule has 0 radical (unpaired) electrons. The van der Waals surface area contributed by atoms with Crippen LogP contribution in [0.1, 0.15) is 21.5 Å². The average molecular weight is 378 g/mol. The summed E-state index contributed by atoms with van der Waals surface area (Å²) in [7, 11) is 0. The number of ether oxygens (including phenoxy) is 1. The molecule has 7 nitrogen and oxygen atoms in total. The molecule has 3 amide bonds. The number of amides is 3. The number of nitrogens with zero attached hydrogens (tertiary/aromatic N) is 1. The third-order valence-electron chi connectivity index (χ3n) is 4.09. The largest absolute Gasteiger partial charge is 0.488 e. The van der Waals surface area contributed by atoms with E-state index in [9.17, 15) is 14.4 Å². The summed E-state index contributed by atoms with van der Waals surface area (Å²) < 4.78 is 5.82. The van der Waals surface area contributed by atoms with Gasteiger partial charge in [0, 0.05) is 12.1 Å². The number of hydrogen-bond donors (Lipinski definition) is 2. The van der Waals surface area contributed by atoms with Crippen molar-refractivity contribution in [3.8, 4) is 5.75 Å². The van der Waals surface area contributed by atoms with Gasteiger partial charge >= 0.3 is 12.0 Å². The molecule has 2 aromatic rings. The SMILES string of the molecule is C=CCN1C(=O)NC(=Cc2ccccc2OCc2ccc(C(=O)O)cc2)C1=O. The number of carbonyl (C=O) groups is 3. The minimum atomic E-state index is -0.988. The summed E-state index contributed by atoms with van der Waals surface area (Å²) >= 11 is 0. The predicted octanol–water partition coefficient (Wildman–Crippen LogP) is 3.04. The van der Waals surface area contributed by atoms with Crippen LogP contribution in [-0.2, 0) is 11.4 Å². The number of rotatable bonds is 7. The second-order valence-corrected chi connectivity index (χ2v) is 6.02. The van der Waals surface area contributed by atoms with Crippen LogP contribution >= 0.6 is 0 Å². The molecule has 0 atom stereocenters. The van der Waals surface area contributed by atoms with E-state index in [2.05, 4.69) is 11.9 Å². The lowest BCUT2D eigenvalue weighted by Crippen LogP contribution is -2.30. The highest BCUT2D eigenvalue weighted by Crippen LogP contribution is 2.23. The zero-order chi connectivity index (χ0) is 20.1. The Morgan fingerprint density at radius 2 is 1.86 bits per heavy atom. The lowest BCUT2D eigenvalue weighted by Gasteiger charge is -2.10. The van der Waals surface area contributed by atoms with Gasteiger partial charge in [-0.05, 0) is 29.8 Å². The topological polar surface area (TPSA) is 95.9 Å². The summed E-state index contributed by atoms with van der Waals surface area (Å²) in [6.07, 6.45) is 3.04. The van der Waals surface area contributed by atoms with Gasteiger partial charge < -0.3 is 15.2 Å². The van der Waals surface area contributed by atoms with Gasteiger partial charge in [0.2, 0.25) is 0 Å². The molecule has 0 saturated carbocycles. The number of hydrogen-bond acceptors (Lipinski definition) is 4. The van der Waals surface area contributed by atoms with Crippen molar-refractivity contribution in [2.24, 2.45) is 0 Å². The molecule has 7 heteroatoms. The number of carboxylic acid groups (broad SMARTS) is 1. The zero-order valence-corrected chi connectivity index (χ0v) is 14.9. The lowest BCUT2D eigenvalue weighted by atomic mass is 10.1. The molecule has 0 unspecified atom stereocenters. The fourth-order valence-electron chi connectivity index (χ4n) is 2.66. The third kappa shape index (κ3) is 4.09. The summed E-state index contributed by atoms with van der Waals surface area (Å²) in [6.45, 7) is 3.90. The Kier molecular flexibility index (Phi) is 5.55. The molecular weight excluding hydrogens is 360 g/mol. The van der Waals surface area contributed by atoms with Gasteiger partial charge in [-0.25, -0.2) is 9.59 Å². The number of nitrogens with one attached hydrogen (secondary N) is 1. The van der Waals surface area contributed by atoms with Crippen LogP contribution in [0.15, 0.2) is 66.9 Å². The van der Waals surface area contributed by atoms with E-state index < -0.39 is 17.9 Å². The third-order valence-corrected chi connectivity index (χ3v) is 4.09. The number of para-hydroxylation sites is 1. The second kappa shape index (κ2) is 8.22. The maximum Gasteiger partial charge on any atom is 0.335 e. The molecule has 0 aromatic heterocycles. The number of carbonyl (C=O) groups excluding carboxylic acids is 2. The first kappa shape index (κ1) is 18.9. The first-order valence-electron chi connectivity index (χ1n) is 8.49. The smallest absolute Gasteiger partial charge is 0.335 e. The van der Waals surface area contributed by atoms with Gasteiger partial charge in [-0.15, -0.1) is 6.58 Å².